The Labute approximate surface area is 242 Å². The molecule has 4 aromatic rings. The SMILES string of the molecule is CCN(C)CC(C)n1c(C#N)cc2c(C)c(CN3CCC(Nc4ncnc5sc(CC(F)(F)F)cc45)CC3)ccc21. The second kappa shape index (κ2) is 12.0. The Balaban J connectivity index is 1.25. The van der Waals surface area contributed by atoms with Crippen molar-refractivity contribution in [2.75, 3.05) is 38.5 Å². The van der Waals surface area contributed by atoms with Gasteiger partial charge in [-0.25, -0.2) is 9.97 Å². The summed E-state index contributed by atoms with van der Waals surface area (Å²) in [6.07, 6.45) is -1.97. The van der Waals surface area contributed by atoms with E-state index in [1.807, 2.05) is 6.07 Å². The smallest absolute Gasteiger partial charge is 0.367 e. The van der Waals surface area contributed by atoms with Crippen LogP contribution in [0.3, 0.4) is 0 Å². The highest BCUT2D eigenvalue weighted by molar-refractivity contribution is 7.18. The predicted octanol–water partition coefficient (Wildman–Crippen LogP) is 6.52. The molecule has 1 saturated heterocycles. The molecule has 0 saturated carbocycles. The summed E-state index contributed by atoms with van der Waals surface area (Å²) in [7, 11) is 2.10. The molecule has 1 N–H and O–H groups in total. The minimum absolute atomic E-state index is 0.185. The summed E-state index contributed by atoms with van der Waals surface area (Å²) in [4.78, 5) is 14.1. The van der Waals surface area contributed by atoms with E-state index in [0.717, 1.165) is 67.8 Å². The third-order valence-electron chi connectivity index (χ3n) is 8.15. The van der Waals surface area contributed by atoms with Crippen molar-refractivity contribution in [1.82, 2.24) is 24.3 Å². The molecule has 7 nitrogen and oxygen atoms in total. The van der Waals surface area contributed by atoms with Gasteiger partial charge >= 0.3 is 6.18 Å². The Bertz CT molecular complexity index is 1560. The lowest BCUT2D eigenvalue weighted by atomic mass is 10.0. The van der Waals surface area contributed by atoms with Crippen LogP contribution in [0.1, 0.15) is 54.4 Å². The van der Waals surface area contributed by atoms with Gasteiger partial charge in [0, 0.05) is 54.0 Å². The van der Waals surface area contributed by atoms with Gasteiger partial charge in [0.25, 0.3) is 0 Å². The molecule has 1 atom stereocenters. The number of nitrogens with zero attached hydrogens (tertiary/aromatic N) is 6. The number of rotatable bonds is 9. The van der Waals surface area contributed by atoms with Gasteiger partial charge in [-0.05, 0) is 69.6 Å². The summed E-state index contributed by atoms with van der Waals surface area (Å²) in [5.74, 6) is 0.608. The number of thiophene rings is 1. The summed E-state index contributed by atoms with van der Waals surface area (Å²) >= 11 is 1.07. The molecule has 1 aromatic carbocycles. The molecule has 0 aliphatic carbocycles. The van der Waals surface area contributed by atoms with Crippen molar-refractivity contribution in [3.63, 3.8) is 0 Å². The molecule has 0 amide bonds. The Morgan fingerprint density at radius 1 is 1.20 bits per heavy atom. The van der Waals surface area contributed by atoms with Gasteiger partial charge in [0.1, 0.15) is 28.7 Å². The molecule has 0 bridgehead atoms. The zero-order valence-electron chi connectivity index (χ0n) is 23.9. The minimum Gasteiger partial charge on any atom is -0.367 e. The van der Waals surface area contributed by atoms with Crippen LogP contribution in [0.25, 0.3) is 21.1 Å². The van der Waals surface area contributed by atoms with E-state index in [9.17, 15) is 18.4 Å². The van der Waals surface area contributed by atoms with Crippen LogP contribution >= 0.6 is 11.3 Å². The lowest BCUT2D eigenvalue weighted by Gasteiger charge is -2.33. The fraction of sp³-hybridized carbons (Fsp3) is 0.500. The molecule has 1 fully saturated rings. The van der Waals surface area contributed by atoms with E-state index in [0.29, 0.717) is 21.7 Å². The lowest BCUT2D eigenvalue weighted by Crippen LogP contribution is -2.39. The zero-order chi connectivity index (χ0) is 29.3. The molecule has 1 aliphatic heterocycles. The molecule has 5 rings (SSSR count). The summed E-state index contributed by atoms with van der Waals surface area (Å²) in [6, 6.07) is 10.7. The van der Waals surface area contributed by atoms with Gasteiger partial charge in [-0.2, -0.15) is 18.4 Å². The summed E-state index contributed by atoms with van der Waals surface area (Å²) in [5, 5.41) is 15.1. The van der Waals surface area contributed by atoms with Crippen molar-refractivity contribution in [3.8, 4) is 6.07 Å². The summed E-state index contributed by atoms with van der Waals surface area (Å²) < 4.78 is 40.8. The van der Waals surface area contributed by atoms with Crippen LogP contribution in [-0.2, 0) is 13.0 Å². The molecule has 3 aromatic heterocycles. The maximum absolute atomic E-state index is 12.9. The second-order valence-corrected chi connectivity index (χ2v) is 12.3. The number of likely N-dealkylation sites (N-methyl/N-ethyl adjacent to an activating group) is 1. The maximum Gasteiger partial charge on any atom is 0.393 e. The van der Waals surface area contributed by atoms with E-state index in [1.54, 1.807) is 6.07 Å². The number of hydrogen-bond donors (Lipinski definition) is 1. The highest BCUT2D eigenvalue weighted by atomic mass is 32.1. The number of aromatic nitrogens is 3. The van der Waals surface area contributed by atoms with Crippen LogP contribution in [0.15, 0.2) is 30.6 Å². The topological polar surface area (TPSA) is 73.0 Å². The molecule has 4 heterocycles. The average molecular weight is 584 g/mol. The minimum atomic E-state index is -4.25. The van der Waals surface area contributed by atoms with Gasteiger partial charge in [0.2, 0.25) is 0 Å². The molecular formula is C30H36F3N7S. The number of nitrogens with one attached hydrogen (secondary N) is 1. The number of alkyl halides is 3. The molecule has 218 valence electrons. The van der Waals surface area contributed by atoms with Crippen molar-refractivity contribution in [2.24, 2.45) is 0 Å². The van der Waals surface area contributed by atoms with E-state index in [1.165, 1.54) is 17.5 Å². The van der Waals surface area contributed by atoms with Crippen molar-refractivity contribution in [3.05, 3.63) is 52.3 Å². The van der Waals surface area contributed by atoms with Gasteiger partial charge in [-0.15, -0.1) is 11.3 Å². The summed E-state index contributed by atoms with van der Waals surface area (Å²) in [6.45, 7) is 10.9. The van der Waals surface area contributed by atoms with Crippen LogP contribution in [0.5, 0.6) is 0 Å². The molecule has 1 aliphatic rings. The lowest BCUT2D eigenvalue weighted by molar-refractivity contribution is -0.126. The van der Waals surface area contributed by atoms with E-state index in [2.05, 4.69) is 75.7 Å². The van der Waals surface area contributed by atoms with Crippen molar-refractivity contribution >= 4 is 38.3 Å². The molecular weight excluding hydrogens is 547 g/mol. The fourth-order valence-electron chi connectivity index (χ4n) is 5.86. The predicted molar refractivity (Wildman–Crippen MR) is 158 cm³/mol. The van der Waals surface area contributed by atoms with Crippen LogP contribution in [0.4, 0.5) is 19.0 Å². The number of aryl methyl sites for hydroxylation is 1. The molecule has 1 unspecified atom stereocenters. The van der Waals surface area contributed by atoms with E-state index in [-0.39, 0.29) is 17.0 Å². The molecule has 0 radical (unpaired) electrons. The normalized spacial score (nSPS) is 16.1. The van der Waals surface area contributed by atoms with Gasteiger partial charge in [-0.3, -0.25) is 4.90 Å². The molecule has 41 heavy (non-hydrogen) atoms. The number of anilines is 1. The van der Waals surface area contributed by atoms with Crippen molar-refractivity contribution in [1.29, 1.82) is 5.26 Å². The number of halogens is 3. The Hall–Kier alpha value is -3.20. The van der Waals surface area contributed by atoms with Crippen LogP contribution in [0.2, 0.25) is 0 Å². The first-order valence-corrected chi connectivity index (χ1v) is 14.9. The number of hydrogen-bond acceptors (Lipinski definition) is 7. The third-order valence-corrected chi connectivity index (χ3v) is 9.20. The van der Waals surface area contributed by atoms with E-state index >= 15 is 0 Å². The van der Waals surface area contributed by atoms with Crippen molar-refractivity contribution < 1.29 is 13.2 Å². The zero-order valence-corrected chi connectivity index (χ0v) is 24.7. The van der Waals surface area contributed by atoms with Crippen LogP contribution in [-0.4, -0.2) is 69.8 Å². The van der Waals surface area contributed by atoms with Crippen molar-refractivity contribution in [2.45, 2.75) is 64.8 Å². The highest BCUT2D eigenvalue weighted by Crippen LogP contribution is 2.34. The number of benzene rings is 1. The first-order valence-electron chi connectivity index (χ1n) is 14.1. The average Bonchev–Trinajstić information content (AvgIpc) is 3.52. The summed E-state index contributed by atoms with van der Waals surface area (Å²) in [5.41, 5.74) is 4.27. The molecule has 11 heteroatoms. The monoisotopic (exact) mass is 583 g/mol. The number of nitriles is 1. The number of fused-ring (bicyclic) bond motifs is 2. The van der Waals surface area contributed by atoms with Gasteiger partial charge in [0.15, 0.2) is 0 Å². The van der Waals surface area contributed by atoms with E-state index < -0.39 is 12.6 Å². The molecule has 0 spiro atoms. The first kappa shape index (κ1) is 29.3. The Morgan fingerprint density at radius 2 is 1.95 bits per heavy atom. The fourth-order valence-corrected chi connectivity index (χ4v) is 6.88. The highest BCUT2D eigenvalue weighted by Gasteiger charge is 2.29. The number of likely N-dealkylation sites (tertiary alicyclic amines) is 1. The number of piperidine rings is 1. The Kier molecular flexibility index (Phi) is 8.55. The second-order valence-electron chi connectivity index (χ2n) is 11.1. The van der Waals surface area contributed by atoms with Crippen LogP contribution in [0, 0.1) is 18.3 Å². The standard InChI is InChI=1S/C30H36F3N7S/c1-5-38(4)16-19(2)40-23(15-34)12-25-20(3)21(6-7-27(25)40)17-39-10-8-22(9-11-39)37-28-26-13-24(14-30(31,32)33)41-29(26)36-18-35-28/h6-7,12-13,18-19,22H,5,8-11,14,16-17H2,1-4H3,(H,35,36,37). The van der Waals surface area contributed by atoms with Gasteiger partial charge < -0.3 is 14.8 Å². The van der Waals surface area contributed by atoms with Gasteiger partial charge in [0.05, 0.1) is 11.8 Å². The van der Waals surface area contributed by atoms with Crippen LogP contribution < -0.4 is 5.32 Å². The third kappa shape index (κ3) is 6.50. The largest absolute Gasteiger partial charge is 0.393 e. The quantitative estimate of drug-likeness (QED) is 0.242. The Morgan fingerprint density at radius 3 is 2.63 bits per heavy atom. The van der Waals surface area contributed by atoms with Gasteiger partial charge in [-0.1, -0.05) is 13.0 Å². The maximum atomic E-state index is 12.9. The first-order chi connectivity index (χ1) is 19.6. The van der Waals surface area contributed by atoms with E-state index in [4.69, 9.17) is 0 Å².